The highest BCUT2D eigenvalue weighted by atomic mass is 31.2. The number of unbranched alkanes of at least 4 members (excludes halogenated alkanes) is 29. The lowest BCUT2D eigenvalue weighted by atomic mass is 10.0. The van der Waals surface area contributed by atoms with Crippen molar-refractivity contribution in [2.45, 2.75) is 232 Å². The van der Waals surface area contributed by atoms with Crippen LogP contribution in [0.3, 0.4) is 0 Å². The first-order valence-electron chi connectivity index (χ1n) is 24.1. The van der Waals surface area contributed by atoms with Crippen molar-refractivity contribution >= 4 is 13.8 Å². The molecule has 0 heterocycles. The molecule has 8 nitrogen and oxygen atoms in total. The van der Waals surface area contributed by atoms with Crippen molar-refractivity contribution in [1.82, 2.24) is 0 Å². The van der Waals surface area contributed by atoms with Gasteiger partial charge >= 0.3 is 13.8 Å². The Morgan fingerprint density at radius 1 is 0.544 bits per heavy atom. The summed E-state index contributed by atoms with van der Waals surface area (Å²) >= 11 is 0. The molecule has 0 fully saturated rings. The molecule has 0 rings (SSSR count). The van der Waals surface area contributed by atoms with Crippen LogP contribution in [0.2, 0.25) is 0 Å². The van der Waals surface area contributed by atoms with Gasteiger partial charge in [-0.05, 0) is 51.0 Å². The van der Waals surface area contributed by atoms with E-state index in [0.717, 1.165) is 32.1 Å². The summed E-state index contributed by atoms with van der Waals surface area (Å²) in [4.78, 5) is 22.7. The van der Waals surface area contributed by atoms with Gasteiger partial charge in [0, 0.05) is 6.42 Å². The highest BCUT2D eigenvalue weighted by Crippen LogP contribution is 2.43. The van der Waals surface area contributed by atoms with E-state index in [1.165, 1.54) is 173 Å². The van der Waals surface area contributed by atoms with Crippen LogP contribution in [0.4, 0.5) is 0 Å². The van der Waals surface area contributed by atoms with Gasteiger partial charge in [-0.15, -0.1) is 0 Å². The number of allylic oxidation sites excluding steroid dienone is 3. The summed E-state index contributed by atoms with van der Waals surface area (Å²) in [6.07, 6.45) is 48.9. The van der Waals surface area contributed by atoms with E-state index in [4.69, 9.17) is 18.5 Å². The number of ether oxygens (including phenoxy) is 2. The second kappa shape index (κ2) is 41.5. The molecule has 0 bridgehead atoms. The Bertz CT molecular complexity index is 967. The summed E-state index contributed by atoms with van der Waals surface area (Å²) < 4.78 is 34.9. The molecule has 0 aromatic rings. The number of phosphoric ester groups is 1. The Kier molecular flexibility index (Phi) is 40.7. The molecule has 338 valence electrons. The SMILES string of the molecule is CCCCCC/C=C\CCCCCCCC/C=C\OC(COC(=O)CCCCCCCCCCCCCCCCCCCCC)COP(=O)(O)OCC[N+](C)(C)C. The average Bonchev–Trinajstić information content (AvgIpc) is 3.17. The van der Waals surface area contributed by atoms with Gasteiger partial charge in [0.15, 0.2) is 6.10 Å². The fourth-order valence-electron chi connectivity index (χ4n) is 6.77. The molecule has 0 radical (unpaired) electrons. The fraction of sp³-hybridized carbons (Fsp3) is 0.896. The molecule has 0 aliphatic rings. The van der Waals surface area contributed by atoms with Gasteiger partial charge in [-0.25, -0.2) is 4.57 Å². The summed E-state index contributed by atoms with van der Waals surface area (Å²) in [5, 5.41) is 0. The van der Waals surface area contributed by atoms with E-state index in [2.05, 4.69) is 26.0 Å². The lowest BCUT2D eigenvalue weighted by Gasteiger charge is -2.24. The van der Waals surface area contributed by atoms with Crippen LogP contribution in [0.25, 0.3) is 0 Å². The Labute approximate surface area is 353 Å². The van der Waals surface area contributed by atoms with Gasteiger partial charge in [-0.2, -0.15) is 0 Å². The summed E-state index contributed by atoms with van der Waals surface area (Å²) in [6.45, 7) is 4.92. The molecule has 57 heavy (non-hydrogen) atoms. The van der Waals surface area contributed by atoms with E-state index in [1.807, 2.05) is 27.2 Å². The lowest BCUT2D eigenvalue weighted by Crippen LogP contribution is -2.37. The number of phosphoric acid groups is 1. The summed E-state index contributed by atoms with van der Waals surface area (Å²) in [7, 11) is 1.68. The maximum absolute atomic E-state index is 12.5. The maximum Gasteiger partial charge on any atom is 0.472 e. The van der Waals surface area contributed by atoms with E-state index < -0.39 is 13.9 Å². The topological polar surface area (TPSA) is 91.3 Å². The molecule has 0 aromatic carbocycles. The van der Waals surface area contributed by atoms with Gasteiger partial charge in [0.1, 0.15) is 19.8 Å². The largest absolute Gasteiger partial charge is 0.492 e. The summed E-state index contributed by atoms with van der Waals surface area (Å²) in [5.74, 6) is -0.274. The monoisotopic (exact) mass is 829 g/mol. The highest BCUT2D eigenvalue weighted by molar-refractivity contribution is 7.47. The second-order valence-corrected chi connectivity index (χ2v) is 19.0. The molecule has 0 saturated carbocycles. The Hall–Kier alpha value is -1.18. The van der Waals surface area contributed by atoms with Crippen molar-refractivity contribution in [2.24, 2.45) is 0 Å². The van der Waals surface area contributed by atoms with Crippen LogP contribution in [-0.2, 0) is 27.9 Å². The van der Waals surface area contributed by atoms with Gasteiger partial charge in [-0.3, -0.25) is 13.8 Å². The first kappa shape index (κ1) is 55.8. The molecule has 0 aromatic heterocycles. The second-order valence-electron chi connectivity index (χ2n) is 17.6. The number of nitrogens with zero attached hydrogens (tertiary/aromatic N) is 1. The third-order valence-corrected chi connectivity index (χ3v) is 11.6. The number of carbonyl (C=O) groups is 1. The minimum atomic E-state index is -4.27. The van der Waals surface area contributed by atoms with Crippen LogP contribution >= 0.6 is 7.82 Å². The number of esters is 1. The summed E-state index contributed by atoms with van der Waals surface area (Å²) in [6, 6.07) is 0. The Morgan fingerprint density at radius 2 is 0.930 bits per heavy atom. The Balaban J connectivity index is 4.18. The molecular weight excluding hydrogens is 734 g/mol. The van der Waals surface area contributed by atoms with Crippen molar-refractivity contribution in [3.63, 3.8) is 0 Å². The van der Waals surface area contributed by atoms with Crippen molar-refractivity contribution in [3.8, 4) is 0 Å². The van der Waals surface area contributed by atoms with Gasteiger partial charge in [0.25, 0.3) is 0 Å². The molecule has 0 aliphatic heterocycles. The standard InChI is InChI=1S/C48H94NO7P/c1-6-8-10-12-14-16-18-20-22-24-25-26-27-29-31-33-35-37-39-41-48(50)54-45-47(46-56-57(51,52)55-44-42-49(3,4)5)53-43-40-38-36-34-32-30-28-23-21-19-17-15-13-11-9-7-2/h17,19,40,43,47H,6-16,18,20-39,41-42,44-46H2,1-5H3/p+1/b19-17-,43-40-. The van der Waals surface area contributed by atoms with Crippen molar-refractivity contribution in [3.05, 3.63) is 24.5 Å². The minimum absolute atomic E-state index is 0.0464. The number of rotatable bonds is 45. The third kappa shape index (κ3) is 45.7. The van der Waals surface area contributed by atoms with Crippen LogP contribution in [0.5, 0.6) is 0 Å². The number of hydrogen-bond acceptors (Lipinski definition) is 6. The smallest absolute Gasteiger partial charge is 0.472 e. The van der Waals surface area contributed by atoms with Crippen LogP contribution in [0, 0.1) is 0 Å². The third-order valence-electron chi connectivity index (χ3n) is 10.6. The quantitative estimate of drug-likeness (QED) is 0.0163. The lowest BCUT2D eigenvalue weighted by molar-refractivity contribution is -0.870. The number of hydrogen-bond donors (Lipinski definition) is 1. The van der Waals surface area contributed by atoms with E-state index in [0.29, 0.717) is 17.4 Å². The normalized spacial score (nSPS) is 13.8. The molecule has 9 heteroatoms. The average molecular weight is 829 g/mol. The Morgan fingerprint density at radius 3 is 1.37 bits per heavy atom. The van der Waals surface area contributed by atoms with Crippen LogP contribution in [0.1, 0.15) is 226 Å². The number of likely N-dealkylation sites (N-methyl/N-ethyl adjacent to an activating group) is 1. The molecule has 2 atom stereocenters. The number of quaternary nitrogens is 1. The molecule has 2 unspecified atom stereocenters. The van der Waals surface area contributed by atoms with E-state index in [1.54, 1.807) is 6.26 Å². The number of carbonyl (C=O) groups excluding carboxylic acids is 1. The fourth-order valence-corrected chi connectivity index (χ4v) is 7.51. The first-order valence-corrected chi connectivity index (χ1v) is 25.6. The molecule has 0 spiro atoms. The van der Waals surface area contributed by atoms with Gasteiger partial charge < -0.3 is 18.9 Å². The predicted molar refractivity (Wildman–Crippen MR) is 242 cm³/mol. The van der Waals surface area contributed by atoms with E-state index in [9.17, 15) is 14.3 Å². The van der Waals surface area contributed by atoms with Crippen molar-refractivity contribution < 1.29 is 37.3 Å². The van der Waals surface area contributed by atoms with Crippen molar-refractivity contribution in [2.75, 3.05) is 47.5 Å². The van der Waals surface area contributed by atoms with E-state index in [-0.39, 0.29) is 25.8 Å². The summed E-state index contributed by atoms with van der Waals surface area (Å²) in [5.41, 5.74) is 0. The van der Waals surface area contributed by atoms with Crippen LogP contribution < -0.4 is 0 Å². The van der Waals surface area contributed by atoms with Crippen LogP contribution in [-0.4, -0.2) is 69.0 Å². The molecule has 0 saturated heterocycles. The van der Waals surface area contributed by atoms with Gasteiger partial charge in [0.05, 0.1) is 34.0 Å². The zero-order valence-electron chi connectivity index (χ0n) is 38.3. The highest BCUT2D eigenvalue weighted by Gasteiger charge is 2.25. The zero-order valence-corrected chi connectivity index (χ0v) is 39.2. The van der Waals surface area contributed by atoms with Gasteiger partial charge in [-0.1, -0.05) is 187 Å². The van der Waals surface area contributed by atoms with Gasteiger partial charge in [0.2, 0.25) is 0 Å². The molecule has 1 N–H and O–H groups in total. The zero-order chi connectivity index (χ0) is 42.0. The molecule has 0 aliphatic carbocycles. The first-order chi connectivity index (χ1) is 27.6. The van der Waals surface area contributed by atoms with E-state index >= 15 is 0 Å². The van der Waals surface area contributed by atoms with Crippen molar-refractivity contribution in [1.29, 1.82) is 0 Å². The minimum Gasteiger partial charge on any atom is -0.492 e. The van der Waals surface area contributed by atoms with Crippen LogP contribution in [0.15, 0.2) is 24.5 Å². The predicted octanol–water partition coefficient (Wildman–Crippen LogP) is 14.7. The molecular formula is C48H95NO7P+. The molecule has 0 amide bonds. The maximum atomic E-state index is 12.5.